The molecular formula is C10H9NO3S. The van der Waals surface area contributed by atoms with Crippen LogP contribution in [0.1, 0.15) is 17.3 Å². The van der Waals surface area contributed by atoms with Crippen LogP contribution in [0.15, 0.2) is 17.0 Å². The Morgan fingerprint density at radius 1 is 1.60 bits per heavy atom. The van der Waals surface area contributed by atoms with Gasteiger partial charge in [-0.15, -0.1) is 0 Å². The molecule has 1 aliphatic heterocycles. The molecule has 0 fully saturated rings. The molecule has 0 bridgehead atoms. The van der Waals surface area contributed by atoms with Crippen molar-refractivity contribution in [3.05, 3.63) is 17.7 Å². The van der Waals surface area contributed by atoms with E-state index < -0.39 is 5.37 Å². The van der Waals surface area contributed by atoms with Gasteiger partial charge >= 0.3 is 0 Å². The topological polar surface area (TPSA) is 66.4 Å². The monoisotopic (exact) mass is 223 g/mol. The molecule has 0 aliphatic carbocycles. The third-order valence-electron chi connectivity index (χ3n) is 2.17. The number of carbonyl (C=O) groups is 2. The van der Waals surface area contributed by atoms with Crippen LogP contribution in [0.5, 0.6) is 5.75 Å². The number of nitrogens with one attached hydrogen (secondary N) is 1. The fourth-order valence-corrected chi connectivity index (χ4v) is 2.58. The van der Waals surface area contributed by atoms with E-state index in [1.165, 1.54) is 24.8 Å². The van der Waals surface area contributed by atoms with Crippen LogP contribution in [0.25, 0.3) is 0 Å². The molecule has 1 unspecified atom stereocenters. The Morgan fingerprint density at radius 2 is 2.33 bits per heavy atom. The lowest BCUT2D eigenvalue weighted by Crippen LogP contribution is -2.10. The van der Waals surface area contributed by atoms with Crippen molar-refractivity contribution in [1.82, 2.24) is 0 Å². The number of ketones is 1. The largest absolute Gasteiger partial charge is 0.506 e. The summed E-state index contributed by atoms with van der Waals surface area (Å²) in [4.78, 5) is 22.6. The Balaban J connectivity index is 2.54. The third-order valence-corrected chi connectivity index (χ3v) is 3.31. The number of aldehydes is 1. The zero-order valence-corrected chi connectivity index (χ0v) is 8.80. The van der Waals surface area contributed by atoms with Crippen LogP contribution in [-0.4, -0.2) is 22.5 Å². The molecule has 2 N–H and O–H groups in total. The van der Waals surface area contributed by atoms with Gasteiger partial charge in [0, 0.05) is 10.5 Å². The molecule has 0 aromatic heterocycles. The first kappa shape index (κ1) is 10.0. The lowest BCUT2D eigenvalue weighted by molar-refractivity contribution is -0.107. The lowest BCUT2D eigenvalue weighted by Gasteiger charge is -2.05. The molecule has 4 nitrogen and oxygen atoms in total. The predicted molar refractivity (Wildman–Crippen MR) is 57.4 cm³/mol. The summed E-state index contributed by atoms with van der Waals surface area (Å²) >= 11 is 1.25. The van der Waals surface area contributed by atoms with Crippen LogP contribution >= 0.6 is 11.8 Å². The zero-order valence-electron chi connectivity index (χ0n) is 7.98. The molecule has 0 spiro atoms. The minimum absolute atomic E-state index is 0.0619. The van der Waals surface area contributed by atoms with Gasteiger partial charge in [0.15, 0.2) is 12.1 Å². The fourth-order valence-electron chi connectivity index (χ4n) is 1.47. The molecular weight excluding hydrogens is 214 g/mol. The molecule has 1 aromatic carbocycles. The molecule has 1 heterocycles. The highest BCUT2D eigenvalue weighted by molar-refractivity contribution is 8.01. The zero-order chi connectivity index (χ0) is 11.0. The summed E-state index contributed by atoms with van der Waals surface area (Å²) in [5.41, 5.74) is 1.01. The Hall–Kier alpha value is -1.49. The first-order valence-electron chi connectivity index (χ1n) is 4.39. The predicted octanol–water partition coefficient (Wildman–Crippen LogP) is 1.64. The van der Waals surface area contributed by atoms with E-state index in [4.69, 9.17) is 0 Å². The number of phenols is 1. The van der Waals surface area contributed by atoms with Crippen molar-refractivity contribution in [3.8, 4) is 5.75 Å². The van der Waals surface area contributed by atoms with Crippen LogP contribution < -0.4 is 5.32 Å². The minimum Gasteiger partial charge on any atom is -0.506 e. The van der Waals surface area contributed by atoms with E-state index in [9.17, 15) is 14.7 Å². The van der Waals surface area contributed by atoms with Crippen LogP contribution in [-0.2, 0) is 4.79 Å². The summed E-state index contributed by atoms with van der Waals surface area (Å²) in [5, 5.41) is 12.0. The maximum atomic E-state index is 11.3. The van der Waals surface area contributed by atoms with Crippen molar-refractivity contribution in [2.45, 2.75) is 17.2 Å². The average Bonchev–Trinajstić information content (AvgIpc) is 2.62. The summed E-state index contributed by atoms with van der Waals surface area (Å²) in [6, 6.07) is 3.02. The molecule has 0 saturated heterocycles. The van der Waals surface area contributed by atoms with Crippen molar-refractivity contribution in [2.75, 3.05) is 5.32 Å². The Labute approximate surface area is 90.7 Å². The van der Waals surface area contributed by atoms with Gasteiger partial charge in [-0.3, -0.25) is 4.79 Å². The number of Topliss-reactive ketones (excluding diaryl/α,β-unsaturated/α-hetero) is 1. The van der Waals surface area contributed by atoms with Crippen molar-refractivity contribution >= 4 is 29.5 Å². The molecule has 1 aliphatic rings. The quantitative estimate of drug-likeness (QED) is 0.453. The number of phenolic OH excluding ortho intramolecular Hbond substituents is 1. The number of rotatable bonds is 2. The molecule has 0 saturated carbocycles. The number of hydrogen-bond acceptors (Lipinski definition) is 5. The minimum atomic E-state index is -0.425. The molecule has 15 heavy (non-hydrogen) atoms. The molecule has 5 heteroatoms. The normalized spacial score (nSPS) is 18.1. The SMILES string of the molecule is CC(=O)c1ccc(O)c2c1SC(C=O)N2. The third kappa shape index (κ3) is 1.59. The van der Waals surface area contributed by atoms with E-state index in [0.29, 0.717) is 16.1 Å². The Kier molecular flexibility index (Phi) is 2.40. The second-order valence-electron chi connectivity index (χ2n) is 3.21. The van der Waals surface area contributed by atoms with Gasteiger partial charge in [-0.05, 0) is 19.1 Å². The second kappa shape index (κ2) is 3.58. The van der Waals surface area contributed by atoms with E-state index in [-0.39, 0.29) is 11.5 Å². The van der Waals surface area contributed by atoms with Gasteiger partial charge in [-0.25, -0.2) is 0 Å². The van der Waals surface area contributed by atoms with Gasteiger partial charge < -0.3 is 15.2 Å². The average molecular weight is 223 g/mol. The van der Waals surface area contributed by atoms with E-state index in [1.807, 2.05) is 0 Å². The highest BCUT2D eigenvalue weighted by Crippen LogP contribution is 2.45. The summed E-state index contributed by atoms with van der Waals surface area (Å²) in [6.45, 7) is 1.46. The summed E-state index contributed by atoms with van der Waals surface area (Å²) in [7, 11) is 0. The van der Waals surface area contributed by atoms with Gasteiger partial charge in [0.1, 0.15) is 11.1 Å². The molecule has 78 valence electrons. The number of carbonyl (C=O) groups excluding carboxylic acids is 2. The number of thioether (sulfide) groups is 1. The van der Waals surface area contributed by atoms with Crippen molar-refractivity contribution in [2.24, 2.45) is 0 Å². The van der Waals surface area contributed by atoms with Crippen LogP contribution in [0, 0.1) is 0 Å². The molecule has 0 radical (unpaired) electrons. The molecule has 1 atom stereocenters. The molecule has 1 aromatic rings. The van der Waals surface area contributed by atoms with Crippen molar-refractivity contribution in [1.29, 1.82) is 0 Å². The van der Waals surface area contributed by atoms with E-state index in [2.05, 4.69) is 5.32 Å². The summed E-state index contributed by atoms with van der Waals surface area (Å²) < 4.78 is 0. The first-order valence-corrected chi connectivity index (χ1v) is 5.27. The van der Waals surface area contributed by atoms with Gasteiger partial charge in [0.2, 0.25) is 0 Å². The van der Waals surface area contributed by atoms with Gasteiger partial charge in [0.25, 0.3) is 0 Å². The second-order valence-corrected chi connectivity index (χ2v) is 4.36. The van der Waals surface area contributed by atoms with Crippen LogP contribution in [0.2, 0.25) is 0 Å². The maximum Gasteiger partial charge on any atom is 0.161 e. The lowest BCUT2D eigenvalue weighted by atomic mass is 10.1. The van der Waals surface area contributed by atoms with Gasteiger partial charge in [-0.2, -0.15) is 0 Å². The number of aromatic hydroxyl groups is 1. The van der Waals surface area contributed by atoms with E-state index in [1.54, 1.807) is 6.07 Å². The summed E-state index contributed by atoms with van der Waals surface area (Å²) in [5.74, 6) is -0.0149. The molecule has 0 amide bonds. The van der Waals surface area contributed by atoms with Crippen LogP contribution in [0.3, 0.4) is 0 Å². The standard InChI is InChI=1S/C10H9NO3S/c1-5(13)6-2-3-7(14)9-10(6)15-8(4-12)11-9/h2-4,8,11,14H,1H3. The Morgan fingerprint density at radius 3 is 2.93 bits per heavy atom. The number of anilines is 1. The highest BCUT2D eigenvalue weighted by atomic mass is 32.2. The summed E-state index contributed by atoms with van der Waals surface area (Å²) in [6.07, 6.45) is 0.744. The maximum absolute atomic E-state index is 11.3. The van der Waals surface area contributed by atoms with Gasteiger partial charge in [0.05, 0.1) is 5.69 Å². The van der Waals surface area contributed by atoms with Crippen molar-refractivity contribution in [3.63, 3.8) is 0 Å². The highest BCUT2D eigenvalue weighted by Gasteiger charge is 2.27. The number of fused-ring (bicyclic) bond motifs is 1. The first-order chi connectivity index (χ1) is 7.13. The molecule has 2 rings (SSSR count). The van der Waals surface area contributed by atoms with Crippen LogP contribution in [0.4, 0.5) is 5.69 Å². The fraction of sp³-hybridized carbons (Fsp3) is 0.200. The number of hydrogen-bond donors (Lipinski definition) is 2. The Bertz CT molecular complexity index is 445. The number of benzene rings is 1. The van der Waals surface area contributed by atoms with Gasteiger partial charge in [-0.1, -0.05) is 11.8 Å². The smallest absolute Gasteiger partial charge is 0.161 e. The van der Waals surface area contributed by atoms with E-state index >= 15 is 0 Å². The van der Waals surface area contributed by atoms with E-state index in [0.717, 1.165) is 6.29 Å². The van der Waals surface area contributed by atoms with Crippen molar-refractivity contribution < 1.29 is 14.7 Å².